The van der Waals surface area contributed by atoms with Gasteiger partial charge in [0.2, 0.25) is 10.0 Å². The summed E-state index contributed by atoms with van der Waals surface area (Å²) in [5.41, 5.74) is 1.51. The van der Waals surface area contributed by atoms with Gasteiger partial charge in [0.25, 0.3) is 11.5 Å². The molecule has 156 valence electrons. The molecule has 30 heavy (non-hydrogen) atoms. The van der Waals surface area contributed by atoms with E-state index in [1.54, 1.807) is 24.4 Å². The van der Waals surface area contributed by atoms with Crippen molar-refractivity contribution in [3.05, 3.63) is 100.0 Å². The third-order valence-electron chi connectivity index (χ3n) is 4.49. The van der Waals surface area contributed by atoms with E-state index in [1.807, 2.05) is 37.3 Å². The van der Waals surface area contributed by atoms with Gasteiger partial charge in [0.15, 0.2) is 0 Å². The summed E-state index contributed by atoms with van der Waals surface area (Å²) >= 11 is 0. The summed E-state index contributed by atoms with van der Waals surface area (Å²) in [4.78, 5) is 25.2. The van der Waals surface area contributed by atoms with E-state index in [4.69, 9.17) is 0 Å². The van der Waals surface area contributed by atoms with Gasteiger partial charge < -0.3 is 9.88 Å². The average Bonchev–Trinajstić information content (AvgIpc) is 2.74. The van der Waals surface area contributed by atoms with E-state index >= 15 is 0 Å². The fraction of sp³-hybridized carbons (Fsp3) is 0.182. The number of nitrogens with one attached hydrogen (secondary N) is 2. The van der Waals surface area contributed by atoms with Crippen molar-refractivity contribution >= 4 is 15.9 Å². The summed E-state index contributed by atoms with van der Waals surface area (Å²) in [6.07, 6.45) is 1.63. The summed E-state index contributed by atoms with van der Waals surface area (Å²) in [5.74, 6) is -0.544. The lowest BCUT2D eigenvalue weighted by molar-refractivity contribution is 0.0952. The maximum atomic E-state index is 12.6. The first kappa shape index (κ1) is 21.5. The van der Waals surface area contributed by atoms with Crippen LogP contribution in [-0.4, -0.2) is 32.0 Å². The van der Waals surface area contributed by atoms with Crippen LogP contribution in [0.5, 0.6) is 0 Å². The van der Waals surface area contributed by atoms with Crippen LogP contribution in [-0.2, 0) is 16.6 Å². The van der Waals surface area contributed by atoms with Crippen LogP contribution < -0.4 is 15.6 Å². The largest absolute Gasteiger partial charge is 0.351 e. The molecule has 0 spiro atoms. The second-order valence-corrected chi connectivity index (χ2v) is 8.57. The van der Waals surface area contributed by atoms with Crippen LogP contribution in [0.1, 0.15) is 21.5 Å². The van der Waals surface area contributed by atoms with Gasteiger partial charge in [-0.15, -0.1) is 0 Å². The minimum Gasteiger partial charge on any atom is -0.351 e. The maximum Gasteiger partial charge on any atom is 0.263 e. The van der Waals surface area contributed by atoms with Crippen molar-refractivity contribution in [3.63, 3.8) is 0 Å². The van der Waals surface area contributed by atoms with Crippen molar-refractivity contribution in [1.29, 1.82) is 0 Å². The molecule has 8 heteroatoms. The Morgan fingerprint density at radius 1 is 0.933 bits per heavy atom. The quantitative estimate of drug-likeness (QED) is 0.539. The van der Waals surface area contributed by atoms with E-state index in [-0.39, 0.29) is 23.5 Å². The number of benzene rings is 2. The SMILES string of the molecule is Cc1ccc(S(=O)(=O)NCCNC(=O)c2cccn(Cc3ccccc3)c2=O)cc1. The number of aryl methyl sites for hydroxylation is 1. The molecular weight excluding hydrogens is 402 g/mol. The summed E-state index contributed by atoms with van der Waals surface area (Å²) in [7, 11) is -3.66. The van der Waals surface area contributed by atoms with Crippen molar-refractivity contribution in [2.75, 3.05) is 13.1 Å². The van der Waals surface area contributed by atoms with Gasteiger partial charge in [0.1, 0.15) is 5.56 Å². The molecule has 1 aromatic heterocycles. The maximum absolute atomic E-state index is 12.6. The number of rotatable bonds is 8. The van der Waals surface area contributed by atoms with Crippen molar-refractivity contribution in [2.45, 2.75) is 18.4 Å². The molecule has 1 heterocycles. The van der Waals surface area contributed by atoms with Gasteiger partial charge in [0, 0.05) is 19.3 Å². The number of amides is 1. The molecule has 2 N–H and O–H groups in total. The van der Waals surface area contributed by atoms with Gasteiger partial charge in [-0.2, -0.15) is 0 Å². The van der Waals surface area contributed by atoms with Crippen molar-refractivity contribution < 1.29 is 13.2 Å². The van der Waals surface area contributed by atoms with E-state index in [2.05, 4.69) is 10.0 Å². The van der Waals surface area contributed by atoms with Gasteiger partial charge in [0.05, 0.1) is 11.4 Å². The number of nitrogens with zero attached hydrogens (tertiary/aromatic N) is 1. The highest BCUT2D eigenvalue weighted by Gasteiger charge is 2.15. The smallest absolute Gasteiger partial charge is 0.263 e. The van der Waals surface area contributed by atoms with Crippen LogP contribution >= 0.6 is 0 Å². The van der Waals surface area contributed by atoms with Crippen LogP contribution in [0.25, 0.3) is 0 Å². The molecule has 2 aromatic carbocycles. The molecule has 0 aliphatic carbocycles. The van der Waals surface area contributed by atoms with Crippen LogP contribution in [0.3, 0.4) is 0 Å². The van der Waals surface area contributed by atoms with Gasteiger partial charge in [-0.1, -0.05) is 48.0 Å². The fourth-order valence-corrected chi connectivity index (χ4v) is 3.90. The molecule has 0 unspecified atom stereocenters. The summed E-state index contributed by atoms with van der Waals surface area (Å²) in [6.45, 7) is 2.29. The molecule has 3 aromatic rings. The minimum absolute atomic E-state index is 0.00693. The van der Waals surface area contributed by atoms with Crippen molar-refractivity contribution in [1.82, 2.24) is 14.6 Å². The number of hydrogen-bond acceptors (Lipinski definition) is 4. The molecule has 0 bridgehead atoms. The normalized spacial score (nSPS) is 11.2. The predicted octanol–water partition coefficient (Wildman–Crippen LogP) is 1.91. The van der Waals surface area contributed by atoms with E-state index in [1.165, 1.54) is 22.8 Å². The van der Waals surface area contributed by atoms with Crippen LogP contribution in [0.4, 0.5) is 0 Å². The van der Waals surface area contributed by atoms with Crippen molar-refractivity contribution in [3.8, 4) is 0 Å². The standard InChI is InChI=1S/C22H23N3O4S/c1-17-9-11-19(12-10-17)30(28,29)24-14-13-23-21(26)20-8-5-15-25(22(20)27)16-18-6-3-2-4-7-18/h2-12,15,24H,13-14,16H2,1H3,(H,23,26). The molecule has 7 nitrogen and oxygen atoms in total. The fourth-order valence-electron chi connectivity index (χ4n) is 2.87. The Morgan fingerprint density at radius 3 is 2.33 bits per heavy atom. The third-order valence-corrected chi connectivity index (χ3v) is 5.97. The molecule has 0 aliphatic rings. The Morgan fingerprint density at radius 2 is 1.63 bits per heavy atom. The zero-order chi connectivity index (χ0) is 21.6. The number of sulfonamides is 1. The van der Waals surface area contributed by atoms with E-state index in [0.717, 1.165) is 11.1 Å². The van der Waals surface area contributed by atoms with Crippen LogP contribution in [0, 0.1) is 6.92 Å². The van der Waals surface area contributed by atoms with Crippen LogP contribution in [0.15, 0.2) is 82.6 Å². The number of pyridine rings is 1. The number of carbonyl (C=O) groups is 1. The number of aromatic nitrogens is 1. The van der Waals surface area contributed by atoms with Crippen molar-refractivity contribution in [2.24, 2.45) is 0 Å². The second-order valence-electron chi connectivity index (χ2n) is 6.81. The summed E-state index contributed by atoms with van der Waals surface area (Å²) < 4.78 is 28.4. The van der Waals surface area contributed by atoms with E-state index in [9.17, 15) is 18.0 Å². The highest BCUT2D eigenvalue weighted by atomic mass is 32.2. The Bertz CT molecular complexity index is 1170. The molecule has 0 saturated heterocycles. The highest BCUT2D eigenvalue weighted by Crippen LogP contribution is 2.09. The van der Waals surface area contributed by atoms with Gasteiger partial charge in [-0.3, -0.25) is 9.59 Å². The first-order valence-corrected chi connectivity index (χ1v) is 10.9. The molecule has 0 saturated carbocycles. The number of carbonyl (C=O) groups excluding carboxylic acids is 1. The lowest BCUT2D eigenvalue weighted by Crippen LogP contribution is -2.37. The predicted molar refractivity (Wildman–Crippen MR) is 115 cm³/mol. The average molecular weight is 426 g/mol. The Hall–Kier alpha value is -3.23. The first-order chi connectivity index (χ1) is 14.4. The van der Waals surface area contributed by atoms with E-state index < -0.39 is 21.5 Å². The second kappa shape index (κ2) is 9.51. The van der Waals surface area contributed by atoms with Crippen LogP contribution in [0.2, 0.25) is 0 Å². The molecule has 0 radical (unpaired) electrons. The molecular formula is C22H23N3O4S. The van der Waals surface area contributed by atoms with Gasteiger partial charge in [-0.05, 0) is 36.8 Å². The zero-order valence-corrected chi connectivity index (χ0v) is 17.4. The summed E-state index contributed by atoms with van der Waals surface area (Å²) in [6, 6.07) is 19.0. The van der Waals surface area contributed by atoms with Gasteiger partial charge >= 0.3 is 0 Å². The minimum atomic E-state index is -3.66. The lowest BCUT2D eigenvalue weighted by Gasteiger charge is -2.10. The molecule has 0 fully saturated rings. The lowest BCUT2D eigenvalue weighted by atomic mass is 10.2. The Balaban J connectivity index is 1.58. The Kier molecular flexibility index (Phi) is 6.81. The molecule has 3 rings (SSSR count). The number of hydrogen-bond donors (Lipinski definition) is 2. The zero-order valence-electron chi connectivity index (χ0n) is 16.5. The monoisotopic (exact) mass is 425 g/mol. The summed E-state index contributed by atoms with van der Waals surface area (Å²) in [5, 5.41) is 2.58. The highest BCUT2D eigenvalue weighted by molar-refractivity contribution is 7.89. The molecule has 0 atom stereocenters. The van der Waals surface area contributed by atoms with Gasteiger partial charge in [-0.25, -0.2) is 13.1 Å². The first-order valence-electron chi connectivity index (χ1n) is 9.45. The third kappa shape index (κ3) is 5.43. The molecule has 1 amide bonds. The van der Waals surface area contributed by atoms with E-state index in [0.29, 0.717) is 6.54 Å². The topological polar surface area (TPSA) is 97.3 Å². The molecule has 0 aliphatic heterocycles. The Labute approximate surface area is 175 Å².